The molecule has 1 saturated heterocycles. The zero-order chi connectivity index (χ0) is 15.4. The van der Waals surface area contributed by atoms with Gasteiger partial charge >= 0.3 is 0 Å². The van der Waals surface area contributed by atoms with E-state index in [4.69, 9.17) is 0 Å². The Kier molecular flexibility index (Phi) is 5.24. The summed E-state index contributed by atoms with van der Waals surface area (Å²) in [5.74, 6) is 0.108. The van der Waals surface area contributed by atoms with Crippen LogP contribution in [-0.4, -0.2) is 40.0 Å². The summed E-state index contributed by atoms with van der Waals surface area (Å²) in [6.07, 6.45) is 10.8. The van der Waals surface area contributed by atoms with Crippen molar-refractivity contribution in [2.75, 3.05) is 18.4 Å². The minimum Gasteiger partial charge on any atom is -0.365 e. The molecule has 2 heterocycles. The summed E-state index contributed by atoms with van der Waals surface area (Å²) in [6.45, 7) is 4.45. The first-order valence-electron chi connectivity index (χ1n) is 8.78. The molecular formula is C17H27FN4. The van der Waals surface area contributed by atoms with Crippen LogP contribution in [0.5, 0.6) is 0 Å². The molecule has 0 aromatic carbocycles. The first-order chi connectivity index (χ1) is 10.8. The number of hydrogen-bond acceptors (Lipinski definition) is 4. The fourth-order valence-corrected chi connectivity index (χ4v) is 3.82. The molecule has 122 valence electrons. The van der Waals surface area contributed by atoms with Crippen LogP contribution in [-0.2, 0) is 6.42 Å². The largest absolute Gasteiger partial charge is 0.365 e. The SMILES string of the molecule is CCc1ncnc(NC2CCC(N3CCCCC3)CC2)c1F. The van der Waals surface area contributed by atoms with E-state index < -0.39 is 0 Å². The summed E-state index contributed by atoms with van der Waals surface area (Å²) in [5.41, 5.74) is 0.500. The van der Waals surface area contributed by atoms with Gasteiger partial charge in [0.2, 0.25) is 0 Å². The summed E-state index contributed by atoms with van der Waals surface area (Å²) >= 11 is 0. The van der Waals surface area contributed by atoms with E-state index in [1.807, 2.05) is 6.92 Å². The van der Waals surface area contributed by atoms with Crippen molar-refractivity contribution in [1.82, 2.24) is 14.9 Å². The lowest BCUT2D eigenvalue weighted by Crippen LogP contribution is -2.43. The molecule has 1 aliphatic carbocycles. The van der Waals surface area contributed by atoms with Crippen molar-refractivity contribution < 1.29 is 4.39 Å². The van der Waals surface area contributed by atoms with E-state index in [-0.39, 0.29) is 5.82 Å². The molecule has 0 amide bonds. The molecule has 22 heavy (non-hydrogen) atoms. The van der Waals surface area contributed by atoms with Crippen molar-refractivity contribution >= 4 is 5.82 Å². The van der Waals surface area contributed by atoms with Crippen LogP contribution >= 0.6 is 0 Å². The number of aryl methyl sites for hydroxylation is 1. The van der Waals surface area contributed by atoms with Crippen LogP contribution in [0.25, 0.3) is 0 Å². The first-order valence-corrected chi connectivity index (χ1v) is 8.78. The Bertz CT molecular complexity index is 480. The Morgan fingerprint density at radius 3 is 2.55 bits per heavy atom. The van der Waals surface area contributed by atoms with Gasteiger partial charge in [0, 0.05) is 12.1 Å². The Labute approximate surface area is 132 Å². The highest BCUT2D eigenvalue weighted by Gasteiger charge is 2.27. The predicted octanol–water partition coefficient (Wildman–Crippen LogP) is 3.39. The molecule has 2 fully saturated rings. The second-order valence-corrected chi connectivity index (χ2v) is 6.58. The zero-order valence-corrected chi connectivity index (χ0v) is 13.5. The van der Waals surface area contributed by atoms with Gasteiger partial charge in [0.1, 0.15) is 6.33 Å². The predicted molar refractivity (Wildman–Crippen MR) is 86.5 cm³/mol. The average molecular weight is 306 g/mol. The summed E-state index contributed by atoms with van der Waals surface area (Å²) in [5, 5.41) is 3.30. The molecule has 1 aliphatic heterocycles. The van der Waals surface area contributed by atoms with E-state index in [0.29, 0.717) is 24.0 Å². The Morgan fingerprint density at radius 2 is 1.86 bits per heavy atom. The first kappa shape index (κ1) is 15.7. The molecule has 0 bridgehead atoms. The fraction of sp³-hybridized carbons (Fsp3) is 0.765. The van der Waals surface area contributed by atoms with E-state index in [9.17, 15) is 4.39 Å². The molecule has 3 rings (SSSR count). The molecule has 1 N–H and O–H groups in total. The highest BCUT2D eigenvalue weighted by molar-refractivity contribution is 5.38. The minimum absolute atomic E-state index is 0.275. The van der Waals surface area contributed by atoms with Crippen molar-refractivity contribution in [2.24, 2.45) is 0 Å². The maximum Gasteiger partial charge on any atom is 0.186 e. The smallest absolute Gasteiger partial charge is 0.186 e. The van der Waals surface area contributed by atoms with Crippen molar-refractivity contribution in [3.63, 3.8) is 0 Å². The quantitative estimate of drug-likeness (QED) is 0.926. The number of aromatic nitrogens is 2. The van der Waals surface area contributed by atoms with Crippen LogP contribution in [0.1, 0.15) is 57.6 Å². The van der Waals surface area contributed by atoms with E-state index in [0.717, 1.165) is 18.9 Å². The maximum atomic E-state index is 14.2. The van der Waals surface area contributed by atoms with Gasteiger partial charge in [0.05, 0.1) is 5.69 Å². The molecule has 0 atom stereocenters. The second kappa shape index (κ2) is 7.36. The zero-order valence-electron chi connectivity index (χ0n) is 13.5. The van der Waals surface area contributed by atoms with Crippen LogP contribution in [0.15, 0.2) is 6.33 Å². The van der Waals surface area contributed by atoms with Gasteiger partial charge < -0.3 is 10.2 Å². The fourth-order valence-electron chi connectivity index (χ4n) is 3.82. The molecule has 1 saturated carbocycles. The van der Waals surface area contributed by atoms with Gasteiger partial charge in [0.15, 0.2) is 11.6 Å². The number of rotatable bonds is 4. The Balaban J connectivity index is 1.53. The van der Waals surface area contributed by atoms with E-state index >= 15 is 0 Å². The molecule has 5 heteroatoms. The monoisotopic (exact) mass is 306 g/mol. The topological polar surface area (TPSA) is 41.1 Å². The number of likely N-dealkylation sites (tertiary alicyclic amines) is 1. The number of piperidine rings is 1. The maximum absolute atomic E-state index is 14.2. The standard InChI is InChI=1S/C17H27FN4/c1-2-15-16(18)17(20-12-19-15)21-13-6-8-14(9-7-13)22-10-4-3-5-11-22/h12-14H,2-11H2,1H3,(H,19,20,21). The molecule has 1 aromatic heterocycles. The molecule has 2 aliphatic rings. The highest BCUT2D eigenvalue weighted by atomic mass is 19.1. The Hall–Kier alpha value is -1.23. The van der Waals surface area contributed by atoms with Crippen LogP contribution < -0.4 is 5.32 Å². The van der Waals surface area contributed by atoms with Gasteiger partial charge in [-0.1, -0.05) is 13.3 Å². The van der Waals surface area contributed by atoms with Gasteiger partial charge in [-0.15, -0.1) is 0 Å². The molecule has 4 nitrogen and oxygen atoms in total. The van der Waals surface area contributed by atoms with Crippen LogP contribution in [0.4, 0.5) is 10.2 Å². The molecule has 0 spiro atoms. The second-order valence-electron chi connectivity index (χ2n) is 6.58. The summed E-state index contributed by atoms with van der Waals surface area (Å²) < 4.78 is 14.2. The lowest BCUT2D eigenvalue weighted by atomic mass is 9.89. The summed E-state index contributed by atoms with van der Waals surface area (Å²) in [7, 11) is 0. The highest BCUT2D eigenvalue weighted by Crippen LogP contribution is 2.27. The summed E-state index contributed by atoms with van der Waals surface area (Å²) in [4.78, 5) is 10.7. The lowest BCUT2D eigenvalue weighted by Gasteiger charge is -2.39. The lowest BCUT2D eigenvalue weighted by molar-refractivity contribution is 0.127. The molecule has 1 aromatic rings. The van der Waals surface area contributed by atoms with E-state index in [2.05, 4.69) is 20.2 Å². The Morgan fingerprint density at radius 1 is 1.14 bits per heavy atom. The minimum atomic E-state index is -0.275. The van der Waals surface area contributed by atoms with Gasteiger partial charge in [0.25, 0.3) is 0 Å². The third-order valence-corrected chi connectivity index (χ3v) is 5.14. The number of hydrogen-bond donors (Lipinski definition) is 1. The molecular weight excluding hydrogens is 279 g/mol. The van der Waals surface area contributed by atoms with Gasteiger partial charge in [-0.25, -0.2) is 14.4 Å². The van der Waals surface area contributed by atoms with Crippen molar-refractivity contribution in [3.05, 3.63) is 17.8 Å². The number of nitrogens with one attached hydrogen (secondary N) is 1. The van der Waals surface area contributed by atoms with Crippen LogP contribution in [0.3, 0.4) is 0 Å². The normalized spacial score (nSPS) is 26.8. The van der Waals surface area contributed by atoms with E-state index in [1.165, 1.54) is 51.5 Å². The van der Waals surface area contributed by atoms with Crippen molar-refractivity contribution in [3.8, 4) is 0 Å². The molecule has 0 radical (unpaired) electrons. The number of halogens is 1. The van der Waals surface area contributed by atoms with E-state index in [1.54, 1.807) is 0 Å². The molecule has 0 unspecified atom stereocenters. The number of anilines is 1. The third kappa shape index (κ3) is 3.57. The third-order valence-electron chi connectivity index (χ3n) is 5.14. The van der Waals surface area contributed by atoms with Crippen molar-refractivity contribution in [2.45, 2.75) is 70.4 Å². The average Bonchev–Trinajstić information content (AvgIpc) is 2.58. The van der Waals surface area contributed by atoms with Gasteiger partial charge in [-0.3, -0.25) is 0 Å². The van der Waals surface area contributed by atoms with Crippen LogP contribution in [0.2, 0.25) is 0 Å². The van der Waals surface area contributed by atoms with Gasteiger partial charge in [-0.05, 0) is 58.0 Å². The summed E-state index contributed by atoms with van der Waals surface area (Å²) in [6, 6.07) is 1.08. The van der Waals surface area contributed by atoms with Gasteiger partial charge in [-0.2, -0.15) is 0 Å². The van der Waals surface area contributed by atoms with Crippen LogP contribution in [0, 0.1) is 5.82 Å². The number of nitrogens with zero attached hydrogens (tertiary/aromatic N) is 3. The van der Waals surface area contributed by atoms with Crippen molar-refractivity contribution in [1.29, 1.82) is 0 Å².